The molecule has 21 heavy (non-hydrogen) atoms. The minimum atomic E-state index is -4.39. The van der Waals surface area contributed by atoms with E-state index in [4.69, 9.17) is 0 Å². The molecule has 0 saturated heterocycles. The largest absolute Gasteiger partial charge is 0.418 e. The Bertz CT molecular complexity index is 584. The second kappa shape index (κ2) is 6.22. The standard InChI is InChI=1S/C15H16F3N3/c1-11(13-7-3-4-8-19-13)21(2)10-14-12(15(16,17)18)6-5-9-20-14/h3-9,11H,10H2,1-2H3/t11-/m1/s1. The minimum absolute atomic E-state index is 0.0234. The quantitative estimate of drug-likeness (QED) is 0.861. The van der Waals surface area contributed by atoms with Gasteiger partial charge in [0.2, 0.25) is 0 Å². The van der Waals surface area contributed by atoms with Crippen molar-refractivity contribution in [1.29, 1.82) is 0 Å². The SMILES string of the molecule is C[C@H](c1ccccn1)N(C)Cc1ncccc1C(F)(F)F. The molecule has 0 spiro atoms. The number of pyridine rings is 2. The first-order valence-corrected chi connectivity index (χ1v) is 6.52. The summed E-state index contributed by atoms with van der Waals surface area (Å²) in [6.45, 7) is 2.01. The lowest BCUT2D eigenvalue weighted by Crippen LogP contribution is -2.25. The Morgan fingerprint density at radius 1 is 1.10 bits per heavy atom. The molecule has 0 radical (unpaired) electrons. The third-order valence-corrected chi connectivity index (χ3v) is 3.37. The molecular formula is C15H16F3N3. The molecule has 0 amide bonds. The van der Waals surface area contributed by atoms with Gasteiger partial charge in [0.1, 0.15) is 0 Å². The molecule has 0 aliphatic carbocycles. The maximum atomic E-state index is 13.0. The van der Waals surface area contributed by atoms with E-state index in [2.05, 4.69) is 9.97 Å². The number of rotatable bonds is 4. The molecule has 0 aliphatic heterocycles. The summed E-state index contributed by atoms with van der Waals surface area (Å²) in [5.41, 5.74) is 0.143. The van der Waals surface area contributed by atoms with Gasteiger partial charge in [-0.15, -0.1) is 0 Å². The molecule has 6 heteroatoms. The van der Waals surface area contributed by atoms with Crippen molar-refractivity contribution in [3.63, 3.8) is 0 Å². The van der Waals surface area contributed by atoms with E-state index in [1.54, 1.807) is 24.2 Å². The van der Waals surface area contributed by atoms with Gasteiger partial charge in [0.05, 0.1) is 17.0 Å². The van der Waals surface area contributed by atoms with Gasteiger partial charge in [0.15, 0.2) is 0 Å². The molecule has 2 aromatic rings. The van der Waals surface area contributed by atoms with Crippen LogP contribution in [0.1, 0.15) is 29.9 Å². The number of hydrogen-bond donors (Lipinski definition) is 0. The second-order valence-electron chi connectivity index (χ2n) is 4.84. The number of hydrogen-bond acceptors (Lipinski definition) is 3. The Balaban J connectivity index is 2.19. The highest BCUT2D eigenvalue weighted by Gasteiger charge is 2.34. The molecule has 0 saturated carbocycles. The predicted molar refractivity (Wildman–Crippen MR) is 73.4 cm³/mol. The highest BCUT2D eigenvalue weighted by molar-refractivity contribution is 5.23. The Labute approximate surface area is 121 Å². The van der Waals surface area contributed by atoms with E-state index < -0.39 is 11.7 Å². The van der Waals surface area contributed by atoms with Crippen molar-refractivity contribution in [2.45, 2.75) is 25.7 Å². The summed E-state index contributed by atoms with van der Waals surface area (Å²) in [5.74, 6) is 0. The number of aromatic nitrogens is 2. The van der Waals surface area contributed by atoms with Crippen LogP contribution < -0.4 is 0 Å². The molecule has 1 atom stereocenters. The summed E-state index contributed by atoms with van der Waals surface area (Å²) in [6, 6.07) is 7.76. The van der Waals surface area contributed by atoms with Crippen molar-refractivity contribution in [1.82, 2.24) is 14.9 Å². The van der Waals surface area contributed by atoms with E-state index >= 15 is 0 Å². The lowest BCUT2D eigenvalue weighted by Gasteiger charge is -2.25. The van der Waals surface area contributed by atoms with Gasteiger partial charge >= 0.3 is 6.18 Å². The number of nitrogens with zero attached hydrogens (tertiary/aromatic N) is 3. The van der Waals surface area contributed by atoms with Crippen LogP contribution in [0.25, 0.3) is 0 Å². The molecular weight excluding hydrogens is 279 g/mol. The Hall–Kier alpha value is -1.95. The zero-order valence-electron chi connectivity index (χ0n) is 11.8. The minimum Gasteiger partial charge on any atom is -0.292 e. The summed E-state index contributed by atoms with van der Waals surface area (Å²) in [5, 5.41) is 0. The molecule has 112 valence electrons. The summed E-state index contributed by atoms with van der Waals surface area (Å²) < 4.78 is 38.9. The van der Waals surface area contributed by atoms with Crippen LogP contribution in [0, 0.1) is 0 Å². The van der Waals surface area contributed by atoms with Crippen molar-refractivity contribution in [3.05, 3.63) is 59.7 Å². The molecule has 2 rings (SSSR count). The van der Waals surface area contributed by atoms with E-state index in [1.807, 2.05) is 19.1 Å². The van der Waals surface area contributed by atoms with Crippen molar-refractivity contribution in [2.75, 3.05) is 7.05 Å². The first-order chi connectivity index (χ1) is 9.89. The Morgan fingerprint density at radius 2 is 1.81 bits per heavy atom. The maximum absolute atomic E-state index is 13.0. The van der Waals surface area contributed by atoms with Crippen LogP contribution in [0.15, 0.2) is 42.7 Å². The fourth-order valence-corrected chi connectivity index (χ4v) is 2.04. The zero-order valence-corrected chi connectivity index (χ0v) is 11.8. The summed E-state index contributed by atoms with van der Waals surface area (Å²) in [7, 11) is 1.76. The average molecular weight is 295 g/mol. The maximum Gasteiger partial charge on any atom is 0.418 e. The monoisotopic (exact) mass is 295 g/mol. The lowest BCUT2D eigenvalue weighted by atomic mass is 10.1. The average Bonchev–Trinajstić information content (AvgIpc) is 2.47. The smallest absolute Gasteiger partial charge is 0.292 e. The van der Waals surface area contributed by atoms with Crippen molar-refractivity contribution in [2.24, 2.45) is 0 Å². The summed E-state index contributed by atoms with van der Waals surface area (Å²) in [6.07, 6.45) is -1.34. The third kappa shape index (κ3) is 3.78. The number of halogens is 3. The molecule has 0 unspecified atom stereocenters. The van der Waals surface area contributed by atoms with Crippen LogP contribution >= 0.6 is 0 Å². The molecule has 0 aliphatic rings. The van der Waals surface area contributed by atoms with Crippen LogP contribution in [0.4, 0.5) is 13.2 Å². The lowest BCUT2D eigenvalue weighted by molar-refractivity contribution is -0.138. The van der Waals surface area contributed by atoms with Gasteiger partial charge in [0.25, 0.3) is 0 Å². The van der Waals surface area contributed by atoms with Crippen molar-refractivity contribution < 1.29 is 13.2 Å². The molecule has 0 aromatic carbocycles. The highest BCUT2D eigenvalue weighted by Crippen LogP contribution is 2.32. The van der Waals surface area contributed by atoms with Gasteiger partial charge in [-0.1, -0.05) is 6.07 Å². The topological polar surface area (TPSA) is 29.0 Å². The van der Waals surface area contributed by atoms with Gasteiger partial charge in [-0.05, 0) is 38.2 Å². The fraction of sp³-hybridized carbons (Fsp3) is 0.333. The van der Waals surface area contributed by atoms with Gasteiger partial charge in [-0.3, -0.25) is 14.9 Å². The van der Waals surface area contributed by atoms with Gasteiger partial charge in [0, 0.05) is 25.0 Å². The Morgan fingerprint density at radius 3 is 2.43 bits per heavy atom. The van der Waals surface area contributed by atoms with Crippen LogP contribution in [0.5, 0.6) is 0 Å². The van der Waals surface area contributed by atoms with Crippen LogP contribution in [0.3, 0.4) is 0 Å². The molecule has 2 heterocycles. The van der Waals surface area contributed by atoms with E-state index in [0.29, 0.717) is 0 Å². The number of alkyl halides is 3. The van der Waals surface area contributed by atoms with E-state index in [1.165, 1.54) is 12.3 Å². The fourth-order valence-electron chi connectivity index (χ4n) is 2.04. The normalized spacial score (nSPS) is 13.4. The van der Waals surface area contributed by atoms with Gasteiger partial charge in [-0.2, -0.15) is 13.2 Å². The second-order valence-corrected chi connectivity index (χ2v) is 4.84. The Kier molecular flexibility index (Phi) is 4.57. The van der Waals surface area contributed by atoms with E-state index in [0.717, 1.165) is 11.8 Å². The molecule has 2 aromatic heterocycles. The summed E-state index contributed by atoms with van der Waals surface area (Å²) >= 11 is 0. The van der Waals surface area contributed by atoms with E-state index in [-0.39, 0.29) is 18.3 Å². The molecule has 0 bridgehead atoms. The van der Waals surface area contributed by atoms with Crippen LogP contribution in [-0.4, -0.2) is 21.9 Å². The van der Waals surface area contributed by atoms with Crippen molar-refractivity contribution >= 4 is 0 Å². The summed E-state index contributed by atoms with van der Waals surface area (Å²) in [4.78, 5) is 9.90. The van der Waals surface area contributed by atoms with Gasteiger partial charge in [-0.25, -0.2) is 0 Å². The first-order valence-electron chi connectivity index (χ1n) is 6.52. The van der Waals surface area contributed by atoms with Crippen LogP contribution in [0.2, 0.25) is 0 Å². The molecule has 0 fully saturated rings. The third-order valence-electron chi connectivity index (χ3n) is 3.37. The highest BCUT2D eigenvalue weighted by atomic mass is 19.4. The molecule has 3 nitrogen and oxygen atoms in total. The van der Waals surface area contributed by atoms with Crippen LogP contribution in [-0.2, 0) is 12.7 Å². The predicted octanol–water partition coefficient (Wildman–Crippen LogP) is 3.69. The zero-order chi connectivity index (χ0) is 15.5. The molecule has 0 N–H and O–H groups in total. The van der Waals surface area contributed by atoms with E-state index in [9.17, 15) is 13.2 Å². The first kappa shape index (κ1) is 15.4. The van der Waals surface area contributed by atoms with Crippen molar-refractivity contribution in [3.8, 4) is 0 Å². The van der Waals surface area contributed by atoms with Gasteiger partial charge < -0.3 is 0 Å².